The van der Waals surface area contributed by atoms with Crippen molar-refractivity contribution in [3.05, 3.63) is 0 Å². The van der Waals surface area contributed by atoms with E-state index in [1.165, 1.54) is 0 Å². The van der Waals surface area contributed by atoms with Gasteiger partial charge in [-0.05, 0) is 33.1 Å². The van der Waals surface area contributed by atoms with E-state index in [0.29, 0.717) is 12.4 Å². The minimum Gasteiger partial charge on any atom is -0.383 e. The molecule has 0 fully saturated rings. The molecule has 0 N–H and O–H groups in total. The molecule has 170 valence electrons. The lowest BCUT2D eigenvalue weighted by molar-refractivity contribution is -0.129. The maximum atomic E-state index is 11.9. The van der Waals surface area contributed by atoms with Gasteiger partial charge in [0.25, 0.3) is 0 Å². The van der Waals surface area contributed by atoms with Crippen LogP contribution < -0.4 is 0 Å². The molecular weight excluding hydrogens is 352 g/mol. The predicted molar refractivity (Wildman–Crippen MR) is 122 cm³/mol. The third kappa shape index (κ3) is 12.6. The molecule has 0 rings (SSSR count). The first kappa shape index (κ1) is 31.9. The number of carbonyl (C=O) groups excluding carboxylic acids is 2. The first-order valence-electron chi connectivity index (χ1n) is 11.2. The zero-order valence-corrected chi connectivity index (χ0v) is 21.0. The molecule has 28 heavy (non-hydrogen) atoms. The first-order valence-corrected chi connectivity index (χ1v) is 11.2. The third-order valence-electron chi connectivity index (χ3n) is 4.82. The second-order valence-corrected chi connectivity index (χ2v) is 7.20. The van der Waals surface area contributed by atoms with Crippen LogP contribution in [0.25, 0.3) is 0 Å². The summed E-state index contributed by atoms with van der Waals surface area (Å²) in [6.07, 6.45) is 0. The molecule has 0 aliphatic carbocycles. The molecule has 0 saturated carbocycles. The molecule has 0 aromatic carbocycles. The van der Waals surface area contributed by atoms with Gasteiger partial charge < -0.3 is 4.74 Å². The van der Waals surface area contributed by atoms with E-state index >= 15 is 0 Å². The van der Waals surface area contributed by atoms with Gasteiger partial charge in [0, 0.05) is 18.9 Å². The van der Waals surface area contributed by atoms with Gasteiger partial charge in [-0.15, -0.1) is 0 Å². The maximum absolute atomic E-state index is 11.9. The summed E-state index contributed by atoms with van der Waals surface area (Å²) in [4.78, 5) is 27.8. The molecule has 5 heteroatoms. The number of Topliss-reactive ketones (excluding diaryl/α,β-unsaturated/α-hetero) is 2. The second kappa shape index (κ2) is 19.5. The van der Waals surface area contributed by atoms with Crippen molar-refractivity contribution in [2.45, 2.75) is 88.2 Å². The van der Waals surface area contributed by atoms with Crippen molar-refractivity contribution in [3.8, 4) is 0 Å². The zero-order chi connectivity index (χ0) is 22.9. The number of methoxy groups -OCH3 is 1. The molecule has 0 aromatic rings. The quantitative estimate of drug-likeness (QED) is 0.480. The normalized spacial score (nSPS) is 13.0. The number of ketones is 2. The van der Waals surface area contributed by atoms with Crippen LogP contribution >= 0.6 is 0 Å². The Labute approximate surface area is 176 Å². The van der Waals surface area contributed by atoms with Crippen LogP contribution in [0.15, 0.2) is 0 Å². The second-order valence-electron chi connectivity index (χ2n) is 7.20. The van der Waals surface area contributed by atoms with Crippen LogP contribution in [0.5, 0.6) is 0 Å². The highest BCUT2D eigenvalue weighted by molar-refractivity contribution is 5.86. The van der Waals surface area contributed by atoms with Gasteiger partial charge in [0.05, 0.1) is 18.7 Å². The number of hydrogen-bond donors (Lipinski definition) is 0. The van der Waals surface area contributed by atoms with E-state index in [-0.39, 0.29) is 29.7 Å². The van der Waals surface area contributed by atoms with Crippen LogP contribution in [0, 0.1) is 11.8 Å². The summed E-state index contributed by atoms with van der Waals surface area (Å²) < 4.78 is 5.10. The van der Waals surface area contributed by atoms with Crippen molar-refractivity contribution in [1.29, 1.82) is 0 Å². The van der Waals surface area contributed by atoms with Gasteiger partial charge in [-0.1, -0.05) is 69.2 Å². The summed E-state index contributed by atoms with van der Waals surface area (Å²) in [5.41, 5.74) is 0. The molecule has 0 aromatic heterocycles. The minimum absolute atomic E-state index is 0.0741. The van der Waals surface area contributed by atoms with Gasteiger partial charge in [0.15, 0.2) is 11.6 Å². The number of rotatable bonds is 12. The Hall–Kier alpha value is -0.780. The van der Waals surface area contributed by atoms with E-state index in [0.717, 1.165) is 26.2 Å². The fourth-order valence-electron chi connectivity index (χ4n) is 3.01. The molecule has 0 radical (unpaired) electrons. The lowest BCUT2D eigenvalue weighted by Crippen LogP contribution is -2.45. The summed E-state index contributed by atoms with van der Waals surface area (Å²) in [5, 5.41) is 0. The van der Waals surface area contributed by atoms with Gasteiger partial charge in [0.1, 0.15) is 0 Å². The van der Waals surface area contributed by atoms with Crippen molar-refractivity contribution in [2.24, 2.45) is 11.8 Å². The van der Waals surface area contributed by atoms with Crippen LogP contribution in [-0.4, -0.2) is 73.3 Å². The summed E-state index contributed by atoms with van der Waals surface area (Å²) in [5.74, 6) is 0.852. The highest BCUT2D eigenvalue weighted by atomic mass is 16.5. The van der Waals surface area contributed by atoms with Crippen molar-refractivity contribution in [1.82, 2.24) is 9.80 Å². The number of carbonyl (C=O) groups is 2. The number of likely N-dealkylation sites (N-methyl/N-ethyl adjacent to an activating group) is 2. The smallest absolute Gasteiger partial charge is 0.154 e. The standard InChI is InChI=1S/C11H23NO2.C10H21NO.C2H6/c1-6-12(7-2)10(8-14-5)11(13)9(3)4;1-6-11(7-2)9(5)10(12)8(3)4;1-2/h9-10H,6-8H2,1-5H3;8-9H,6-7H2,1-5H3;1-2H3/t10-;9-;/m11./s1. The molecule has 0 spiro atoms. The third-order valence-corrected chi connectivity index (χ3v) is 4.82. The molecule has 0 heterocycles. The first-order chi connectivity index (χ1) is 13.1. The molecule has 0 aliphatic heterocycles. The Bertz CT molecular complexity index is 376. The Morgan fingerprint density at radius 1 is 0.714 bits per heavy atom. The molecule has 5 nitrogen and oxygen atoms in total. The average Bonchev–Trinajstić information content (AvgIpc) is 2.69. The lowest BCUT2D eigenvalue weighted by Gasteiger charge is -2.29. The summed E-state index contributed by atoms with van der Waals surface area (Å²) in [7, 11) is 1.64. The lowest BCUT2D eigenvalue weighted by atomic mass is 10.0. The van der Waals surface area contributed by atoms with Gasteiger partial charge >= 0.3 is 0 Å². The number of nitrogens with zero attached hydrogens (tertiary/aromatic N) is 2. The Morgan fingerprint density at radius 2 is 1.07 bits per heavy atom. The van der Waals surface area contributed by atoms with Crippen molar-refractivity contribution in [3.63, 3.8) is 0 Å². The van der Waals surface area contributed by atoms with E-state index in [9.17, 15) is 9.59 Å². The van der Waals surface area contributed by atoms with Gasteiger partial charge in [-0.25, -0.2) is 0 Å². The maximum Gasteiger partial charge on any atom is 0.154 e. The van der Waals surface area contributed by atoms with E-state index in [2.05, 4.69) is 37.5 Å². The fraction of sp³-hybridized carbons (Fsp3) is 0.913. The zero-order valence-electron chi connectivity index (χ0n) is 21.0. The molecule has 0 saturated heterocycles. The fourth-order valence-corrected chi connectivity index (χ4v) is 3.01. The van der Waals surface area contributed by atoms with Crippen LogP contribution in [-0.2, 0) is 14.3 Å². The minimum atomic E-state index is -0.0741. The molecule has 0 bridgehead atoms. The van der Waals surface area contributed by atoms with Crippen molar-refractivity contribution < 1.29 is 14.3 Å². The SMILES string of the molecule is CC.CCN(CC)[C@H](C)C(=O)C(C)C.CCN(CC)[C@H](COC)C(=O)C(C)C. The van der Waals surface area contributed by atoms with E-state index < -0.39 is 0 Å². The summed E-state index contributed by atoms with van der Waals surface area (Å²) in [6.45, 7) is 26.3. The van der Waals surface area contributed by atoms with Gasteiger partial charge in [0.2, 0.25) is 0 Å². The van der Waals surface area contributed by atoms with Crippen LogP contribution in [0.4, 0.5) is 0 Å². The van der Waals surface area contributed by atoms with E-state index in [1.807, 2.05) is 48.5 Å². The Kier molecular flexibility index (Phi) is 22.3. The van der Waals surface area contributed by atoms with Crippen LogP contribution in [0.1, 0.15) is 76.2 Å². The highest BCUT2D eigenvalue weighted by Gasteiger charge is 2.25. The molecule has 0 unspecified atom stereocenters. The van der Waals surface area contributed by atoms with Crippen molar-refractivity contribution in [2.75, 3.05) is 39.9 Å². The number of ether oxygens (including phenoxy) is 1. The molecule has 0 aliphatic rings. The van der Waals surface area contributed by atoms with Gasteiger partial charge in [-0.3, -0.25) is 19.4 Å². The average molecular weight is 403 g/mol. The largest absolute Gasteiger partial charge is 0.383 e. The summed E-state index contributed by atoms with van der Waals surface area (Å²) >= 11 is 0. The van der Waals surface area contributed by atoms with E-state index in [1.54, 1.807) is 7.11 Å². The molecular formula is C23H50N2O3. The highest BCUT2D eigenvalue weighted by Crippen LogP contribution is 2.08. The van der Waals surface area contributed by atoms with Crippen LogP contribution in [0.2, 0.25) is 0 Å². The predicted octanol–water partition coefficient (Wildman–Crippen LogP) is 4.54. The Morgan fingerprint density at radius 3 is 1.32 bits per heavy atom. The molecule has 0 amide bonds. The van der Waals surface area contributed by atoms with E-state index in [4.69, 9.17) is 4.74 Å². The van der Waals surface area contributed by atoms with Crippen molar-refractivity contribution >= 4 is 11.6 Å². The van der Waals surface area contributed by atoms with Gasteiger partial charge in [-0.2, -0.15) is 0 Å². The summed E-state index contributed by atoms with van der Waals surface area (Å²) in [6, 6.07) is 0.00926. The number of hydrogen-bond acceptors (Lipinski definition) is 5. The van der Waals surface area contributed by atoms with Crippen LogP contribution in [0.3, 0.4) is 0 Å². The Balaban J connectivity index is -0.000000414. The molecule has 2 atom stereocenters. The topological polar surface area (TPSA) is 49.9 Å². The monoisotopic (exact) mass is 402 g/mol.